The number of hydrogen-bond acceptors (Lipinski definition) is 9. The van der Waals surface area contributed by atoms with Crippen LogP contribution in [0.2, 0.25) is 0 Å². The van der Waals surface area contributed by atoms with E-state index in [1.165, 1.54) is 18.2 Å². The summed E-state index contributed by atoms with van der Waals surface area (Å²) in [6, 6.07) is 11.4. The highest BCUT2D eigenvalue weighted by Gasteiger charge is 2.13. The number of nitrogens with two attached hydrogens (primary N) is 1. The second-order valence-corrected chi connectivity index (χ2v) is 5.89. The topological polar surface area (TPSA) is 148 Å². The van der Waals surface area contributed by atoms with Gasteiger partial charge in [-0.1, -0.05) is 0 Å². The Labute approximate surface area is 159 Å². The molecule has 2 N–H and O–H groups in total. The summed E-state index contributed by atoms with van der Waals surface area (Å²) in [5.74, 6) is 1.36. The lowest BCUT2D eigenvalue weighted by Crippen LogP contribution is -2.15. The van der Waals surface area contributed by atoms with Crippen LogP contribution >= 0.6 is 0 Å². The molecule has 0 bridgehead atoms. The van der Waals surface area contributed by atoms with E-state index in [2.05, 4.69) is 15.0 Å². The Bertz CT molecular complexity index is 1100. The van der Waals surface area contributed by atoms with Crippen LogP contribution in [0.15, 0.2) is 40.8 Å². The van der Waals surface area contributed by atoms with Gasteiger partial charge in [0, 0.05) is 37.9 Å². The fraction of sp³-hybridized carbons (Fsp3) is 0.111. The molecule has 0 amide bonds. The molecule has 2 aromatic heterocycles. The third-order valence-corrected chi connectivity index (χ3v) is 3.68. The molecular weight excluding hydrogens is 362 g/mol. The summed E-state index contributed by atoms with van der Waals surface area (Å²) < 4.78 is 5.72. The first kappa shape index (κ1) is 18.5. The summed E-state index contributed by atoms with van der Waals surface area (Å²) in [5.41, 5.74) is 6.52. The van der Waals surface area contributed by atoms with Crippen molar-refractivity contribution in [1.82, 2.24) is 15.0 Å². The minimum atomic E-state index is -0.471. The van der Waals surface area contributed by atoms with Gasteiger partial charge in [-0.3, -0.25) is 10.1 Å². The monoisotopic (exact) mass is 377 g/mol. The van der Waals surface area contributed by atoms with E-state index in [9.17, 15) is 15.4 Å². The van der Waals surface area contributed by atoms with Crippen LogP contribution in [0.5, 0.6) is 0 Å². The second-order valence-electron chi connectivity index (χ2n) is 5.89. The van der Waals surface area contributed by atoms with E-state index in [4.69, 9.17) is 10.2 Å². The van der Waals surface area contributed by atoms with E-state index in [0.29, 0.717) is 23.0 Å². The van der Waals surface area contributed by atoms with Crippen molar-refractivity contribution in [3.8, 4) is 17.4 Å². The standard InChI is InChI=1S/C18H15N7O3/c1-24(2)18-22-16(21-17(20)23-18)12(10-19)9-14-7-8-15(28-14)11-3-5-13(6-4-11)25(26)27/h3-9H,1-2H3,(H2,20,21,22,23)/b12-9+. The SMILES string of the molecule is CN(C)c1nc(N)nc(/C(C#N)=C/c2ccc(-c3ccc([N+](=O)[O-])cc3)o2)n1. The van der Waals surface area contributed by atoms with Gasteiger partial charge in [-0.2, -0.15) is 20.2 Å². The van der Waals surface area contributed by atoms with Gasteiger partial charge in [0.05, 0.1) is 4.92 Å². The summed E-state index contributed by atoms with van der Waals surface area (Å²) >= 11 is 0. The normalized spacial score (nSPS) is 11.1. The fourth-order valence-corrected chi connectivity index (χ4v) is 2.32. The van der Waals surface area contributed by atoms with E-state index >= 15 is 0 Å². The lowest BCUT2D eigenvalue weighted by Gasteiger charge is -2.10. The second kappa shape index (κ2) is 7.55. The Balaban J connectivity index is 1.93. The molecule has 0 atom stereocenters. The lowest BCUT2D eigenvalue weighted by atomic mass is 10.1. The molecule has 0 saturated carbocycles. The maximum absolute atomic E-state index is 10.7. The van der Waals surface area contributed by atoms with Gasteiger partial charge >= 0.3 is 0 Å². The number of nitriles is 1. The molecule has 0 radical (unpaired) electrons. The number of furan rings is 1. The third-order valence-electron chi connectivity index (χ3n) is 3.68. The van der Waals surface area contributed by atoms with Crippen molar-refractivity contribution in [2.75, 3.05) is 24.7 Å². The summed E-state index contributed by atoms with van der Waals surface area (Å²) in [4.78, 5) is 24.1. The van der Waals surface area contributed by atoms with E-state index in [-0.39, 0.29) is 23.0 Å². The number of aromatic nitrogens is 3. The molecule has 10 nitrogen and oxygen atoms in total. The van der Waals surface area contributed by atoms with Crippen LogP contribution < -0.4 is 10.6 Å². The predicted molar refractivity (Wildman–Crippen MR) is 103 cm³/mol. The summed E-state index contributed by atoms with van der Waals surface area (Å²) in [6.45, 7) is 0. The van der Waals surface area contributed by atoms with Crippen molar-refractivity contribution in [2.24, 2.45) is 0 Å². The molecule has 0 saturated heterocycles. The molecule has 0 fully saturated rings. The van der Waals surface area contributed by atoms with E-state index in [0.717, 1.165) is 0 Å². The molecule has 1 aromatic carbocycles. The summed E-state index contributed by atoms with van der Waals surface area (Å²) in [5, 5.41) is 20.2. The van der Waals surface area contributed by atoms with Gasteiger partial charge in [-0.05, 0) is 24.3 Å². The highest BCUT2D eigenvalue weighted by atomic mass is 16.6. The van der Waals surface area contributed by atoms with Crippen molar-refractivity contribution < 1.29 is 9.34 Å². The van der Waals surface area contributed by atoms with Gasteiger partial charge in [0.1, 0.15) is 23.2 Å². The minimum Gasteiger partial charge on any atom is -0.457 e. The summed E-state index contributed by atoms with van der Waals surface area (Å²) in [6.07, 6.45) is 1.49. The zero-order valence-electron chi connectivity index (χ0n) is 15.0. The van der Waals surface area contributed by atoms with Crippen LogP contribution in [0.4, 0.5) is 17.6 Å². The van der Waals surface area contributed by atoms with Crippen LogP contribution in [0.25, 0.3) is 23.0 Å². The lowest BCUT2D eigenvalue weighted by molar-refractivity contribution is -0.384. The maximum atomic E-state index is 10.7. The van der Waals surface area contributed by atoms with Crippen molar-refractivity contribution >= 4 is 29.2 Å². The Hall–Kier alpha value is -4.26. The number of benzene rings is 1. The molecule has 3 rings (SSSR count). The van der Waals surface area contributed by atoms with E-state index in [1.54, 1.807) is 43.3 Å². The molecule has 0 aliphatic rings. The third kappa shape index (κ3) is 3.94. The number of nitro groups is 1. The molecule has 3 aromatic rings. The molecule has 10 heteroatoms. The Kier molecular flexibility index (Phi) is 4.99. The molecule has 28 heavy (non-hydrogen) atoms. The Morgan fingerprint density at radius 3 is 2.54 bits per heavy atom. The van der Waals surface area contributed by atoms with Gasteiger partial charge in [0.25, 0.3) is 5.69 Å². The minimum absolute atomic E-state index is 0.000800. The summed E-state index contributed by atoms with van der Waals surface area (Å²) in [7, 11) is 3.49. The molecule has 2 heterocycles. The predicted octanol–water partition coefficient (Wildman–Crippen LogP) is 2.75. The first-order valence-electron chi connectivity index (χ1n) is 8.03. The first-order valence-corrected chi connectivity index (χ1v) is 8.03. The van der Waals surface area contributed by atoms with Crippen molar-refractivity contribution in [1.29, 1.82) is 5.26 Å². The molecule has 0 unspecified atom stereocenters. The van der Waals surface area contributed by atoms with Crippen molar-refractivity contribution in [3.05, 3.63) is 58.1 Å². The first-order chi connectivity index (χ1) is 13.4. The molecule has 0 aliphatic heterocycles. The van der Waals surface area contributed by atoms with Gasteiger partial charge in [-0.25, -0.2) is 0 Å². The molecule has 140 valence electrons. The van der Waals surface area contributed by atoms with Gasteiger partial charge in [0.2, 0.25) is 11.9 Å². The number of allylic oxidation sites excluding steroid dienone is 1. The zero-order valence-corrected chi connectivity index (χ0v) is 15.0. The average Bonchev–Trinajstić information content (AvgIpc) is 3.14. The van der Waals surface area contributed by atoms with E-state index in [1.807, 2.05) is 6.07 Å². The molecular formula is C18H15N7O3. The van der Waals surface area contributed by atoms with Crippen molar-refractivity contribution in [3.63, 3.8) is 0 Å². The van der Waals surface area contributed by atoms with Crippen LogP contribution in [0.3, 0.4) is 0 Å². The molecule has 0 aliphatic carbocycles. The highest BCUT2D eigenvalue weighted by Crippen LogP contribution is 2.26. The van der Waals surface area contributed by atoms with E-state index < -0.39 is 4.92 Å². The van der Waals surface area contributed by atoms with Crippen LogP contribution in [0.1, 0.15) is 11.6 Å². The Morgan fingerprint density at radius 1 is 1.21 bits per heavy atom. The van der Waals surface area contributed by atoms with Crippen LogP contribution in [0, 0.1) is 21.4 Å². The fourth-order valence-electron chi connectivity index (χ4n) is 2.32. The smallest absolute Gasteiger partial charge is 0.269 e. The van der Waals surface area contributed by atoms with Crippen LogP contribution in [-0.2, 0) is 0 Å². The number of anilines is 2. The molecule has 0 spiro atoms. The zero-order chi connectivity index (χ0) is 20.3. The quantitative estimate of drug-likeness (QED) is 0.402. The van der Waals surface area contributed by atoms with Gasteiger partial charge in [-0.15, -0.1) is 0 Å². The number of non-ortho nitro benzene ring substituents is 1. The number of nitro benzene ring substituents is 1. The number of hydrogen-bond donors (Lipinski definition) is 1. The number of nitrogen functional groups attached to an aromatic ring is 1. The largest absolute Gasteiger partial charge is 0.457 e. The maximum Gasteiger partial charge on any atom is 0.269 e. The van der Waals surface area contributed by atoms with Gasteiger partial charge < -0.3 is 15.1 Å². The van der Waals surface area contributed by atoms with Gasteiger partial charge in [0.15, 0.2) is 5.82 Å². The highest BCUT2D eigenvalue weighted by molar-refractivity contribution is 5.86. The average molecular weight is 377 g/mol. The number of rotatable bonds is 5. The number of nitrogens with zero attached hydrogens (tertiary/aromatic N) is 6. The van der Waals surface area contributed by atoms with Crippen molar-refractivity contribution in [2.45, 2.75) is 0 Å². The van der Waals surface area contributed by atoms with Crippen LogP contribution in [-0.4, -0.2) is 34.0 Å². The Morgan fingerprint density at radius 2 is 1.93 bits per heavy atom.